The predicted molar refractivity (Wildman–Crippen MR) is 86.8 cm³/mol. The number of halogens is 3. The minimum atomic E-state index is -4.41. The summed E-state index contributed by atoms with van der Waals surface area (Å²) in [4.78, 5) is 12.1. The van der Waals surface area contributed by atoms with Crippen molar-refractivity contribution in [3.63, 3.8) is 0 Å². The molecule has 1 unspecified atom stereocenters. The van der Waals surface area contributed by atoms with E-state index in [0.29, 0.717) is 16.9 Å². The lowest BCUT2D eigenvalue weighted by molar-refractivity contribution is -0.137. The maximum Gasteiger partial charge on any atom is 0.416 e. The van der Waals surface area contributed by atoms with Crippen LogP contribution in [0.25, 0.3) is 0 Å². The fourth-order valence-corrected chi connectivity index (χ4v) is 2.83. The van der Waals surface area contributed by atoms with Crippen molar-refractivity contribution < 1.29 is 22.2 Å². The highest BCUT2D eigenvalue weighted by Crippen LogP contribution is 2.29. The molecule has 0 aliphatic heterocycles. The van der Waals surface area contributed by atoms with E-state index in [0.717, 1.165) is 17.7 Å². The lowest BCUT2D eigenvalue weighted by atomic mass is 10.1. The third-order valence-corrected chi connectivity index (χ3v) is 4.01. The minimum absolute atomic E-state index is 0.00725. The van der Waals surface area contributed by atoms with Crippen molar-refractivity contribution >= 4 is 16.7 Å². The summed E-state index contributed by atoms with van der Waals surface area (Å²) in [6.07, 6.45) is -2.84. The first kappa shape index (κ1) is 18.2. The lowest BCUT2D eigenvalue weighted by Crippen LogP contribution is -2.23. The quantitative estimate of drug-likeness (QED) is 0.892. The van der Waals surface area contributed by atoms with Gasteiger partial charge < -0.3 is 5.32 Å². The summed E-state index contributed by atoms with van der Waals surface area (Å²) in [5.74, 6) is -0.0504. The average molecular weight is 355 g/mol. The first-order valence-electron chi connectivity index (χ1n) is 7.09. The van der Waals surface area contributed by atoms with Gasteiger partial charge in [-0.25, -0.2) is 0 Å². The first-order valence-corrected chi connectivity index (χ1v) is 8.82. The van der Waals surface area contributed by atoms with Crippen LogP contribution in [0.15, 0.2) is 48.5 Å². The second-order valence-electron chi connectivity index (χ2n) is 5.30. The molecule has 0 saturated heterocycles. The normalized spacial score (nSPS) is 12.7. The Morgan fingerprint density at radius 2 is 1.75 bits per heavy atom. The molecular weight excluding hydrogens is 339 g/mol. The summed E-state index contributed by atoms with van der Waals surface area (Å²) >= 11 is 0. The van der Waals surface area contributed by atoms with Crippen molar-refractivity contribution in [2.24, 2.45) is 0 Å². The van der Waals surface area contributed by atoms with Gasteiger partial charge in [-0.2, -0.15) is 13.2 Å². The molecule has 1 amide bonds. The van der Waals surface area contributed by atoms with Gasteiger partial charge >= 0.3 is 6.18 Å². The number of carbonyl (C=O) groups is 1. The second-order valence-corrected chi connectivity index (χ2v) is 6.73. The summed E-state index contributed by atoms with van der Waals surface area (Å²) in [7, 11) is -1.02. The summed E-state index contributed by atoms with van der Waals surface area (Å²) in [5.41, 5.74) is 0.762. The highest BCUT2D eigenvalue weighted by molar-refractivity contribution is 7.83. The number of hydrogen-bond donors (Lipinski definition) is 1. The van der Waals surface area contributed by atoms with E-state index in [9.17, 15) is 22.2 Å². The third-order valence-electron chi connectivity index (χ3n) is 3.27. The van der Waals surface area contributed by atoms with E-state index in [1.165, 1.54) is 12.1 Å². The molecule has 1 atom stereocenters. The van der Waals surface area contributed by atoms with E-state index in [-0.39, 0.29) is 6.54 Å². The molecule has 2 rings (SSSR count). The van der Waals surface area contributed by atoms with E-state index < -0.39 is 28.4 Å². The van der Waals surface area contributed by atoms with Crippen LogP contribution in [-0.2, 0) is 29.3 Å². The largest absolute Gasteiger partial charge is 0.416 e. The zero-order valence-electron chi connectivity index (χ0n) is 12.9. The zero-order valence-corrected chi connectivity index (χ0v) is 13.7. The molecule has 0 aliphatic rings. The molecule has 1 N–H and O–H groups in total. The maximum absolute atomic E-state index is 12.7. The molecule has 0 fully saturated rings. The molecule has 128 valence electrons. The number of amides is 1. The lowest BCUT2D eigenvalue weighted by Gasteiger charge is -2.10. The fourth-order valence-electron chi connectivity index (χ4n) is 2.18. The molecule has 0 bridgehead atoms. The Labute approximate surface area is 140 Å². The second kappa shape index (κ2) is 7.61. The molecule has 7 heteroatoms. The van der Waals surface area contributed by atoms with Crippen LogP contribution in [0, 0.1) is 0 Å². The van der Waals surface area contributed by atoms with Gasteiger partial charge in [0, 0.05) is 34.9 Å². The number of benzene rings is 2. The van der Waals surface area contributed by atoms with E-state index >= 15 is 0 Å². The van der Waals surface area contributed by atoms with Gasteiger partial charge in [0.05, 0.1) is 5.56 Å². The van der Waals surface area contributed by atoms with Crippen LogP contribution >= 0.6 is 0 Å². The molecular formula is C17H16F3NO2S. The monoisotopic (exact) mass is 355 g/mol. The van der Waals surface area contributed by atoms with Crippen LogP contribution < -0.4 is 5.32 Å². The molecule has 0 radical (unpaired) electrons. The molecule has 0 aromatic heterocycles. The van der Waals surface area contributed by atoms with Crippen LogP contribution in [0.5, 0.6) is 0 Å². The molecule has 0 spiro atoms. The van der Waals surface area contributed by atoms with Crippen molar-refractivity contribution in [2.75, 3.05) is 6.26 Å². The number of alkyl halides is 3. The maximum atomic E-state index is 12.7. The van der Waals surface area contributed by atoms with Crippen molar-refractivity contribution in [3.05, 3.63) is 70.8 Å². The number of carbonyl (C=O) groups excluding carboxylic acids is 1. The molecule has 24 heavy (non-hydrogen) atoms. The van der Waals surface area contributed by atoms with Crippen LogP contribution in [0.3, 0.4) is 0 Å². The number of rotatable bonds is 5. The summed E-state index contributed by atoms with van der Waals surface area (Å²) in [6.45, 7) is -0.00725. The summed E-state index contributed by atoms with van der Waals surface area (Å²) in [5, 5.41) is 2.59. The molecule has 2 aromatic rings. The molecule has 3 nitrogen and oxygen atoms in total. The van der Waals surface area contributed by atoms with Gasteiger partial charge in [0.2, 0.25) is 0 Å². The molecule has 0 aliphatic carbocycles. The van der Waals surface area contributed by atoms with Crippen LogP contribution in [0.4, 0.5) is 13.2 Å². The summed E-state index contributed by atoms with van der Waals surface area (Å²) < 4.78 is 49.2. The van der Waals surface area contributed by atoms with E-state index in [1.807, 2.05) is 0 Å². The van der Waals surface area contributed by atoms with Crippen LogP contribution in [-0.4, -0.2) is 16.4 Å². The molecule has 2 aromatic carbocycles. The highest BCUT2D eigenvalue weighted by Gasteiger charge is 2.30. The minimum Gasteiger partial charge on any atom is -0.348 e. The average Bonchev–Trinajstić information content (AvgIpc) is 2.51. The Hall–Kier alpha value is -2.15. The Morgan fingerprint density at radius 1 is 1.08 bits per heavy atom. The van der Waals surface area contributed by atoms with Gasteiger partial charge in [-0.05, 0) is 35.4 Å². The first-order chi connectivity index (χ1) is 11.3. The smallest absolute Gasteiger partial charge is 0.348 e. The molecule has 0 saturated carbocycles. The van der Waals surface area contributed by atoms with Crippen LogP contribution in [0.1, 0.15) is 27.0 Å². The van der Waals surface area contributed by atoms with Gasteiger partial charge in [-0.15, -0.1) is 0 Å². The van der Waals surface area contributed by atoms with Crippen molar-refractivity contribution in [2.45, 2.75) is 18.5 Å². The van der Waals surface area contributed by atoms with Gasteiger partial charge in [0.1, 0.15) is 0 Å². The van der Waals surface area contributed by atoms with Gasteiger partial charge in [0.25, 0.3) is 5.91 Å². The van der Waals surface area contributed by atoms with Gasteiger partial charge in [0.15, 0.2) is 0 Å². The van der Waals surface area contributed by atoms with Crippen molar-refractivity contribution in [1.82, 2.24) is 5.32 Å². The Bertz CT molecular complexity index is 759. The standard InChI is InChI=1S/C17H16F3NO2S/c1-24(23)11-13-5-2-6-14(8-13)16(22)21-10-12-4-3-7-15(9-12)17(18,19)20/h2-9H,10-11H2,1H3,(H,21,22). The summed E-state index contributed by atoms with van der Waals surface area (Å²) in [6, 6.07) is 11.5. The predicted octanol–water partition coefficient (Wildman–Crippen LogP) is 3.51. The van der Waals surface area contributed by atoms with Gasteiger partial charge in [-0.3, -0.25) is 9.00 Å². The Kier molecular flexibility index (Phi) is 5.77. The Balaban J connectivity index is 2.04. The zero-order chi connectivity index (χ0) is 17.7. The molecule has 0 heterocycles. The van der Waals surface area contributed by atoms with E-state index in [4.69, 9.17) is 0 Å². The topological polar surface area (TPSA) is 46.2 Å². The highest BCUT2D eigenvalue weighted by atomic mass is 32.2. The van der Waals surface area contributed by atoms with E-state index in [2.05, 4.69) is 5.32 Å². The van der Waals surface area contributed by atoms with E-state index in [1.54, 1.807) is 30.5 Å². The third kappa shape index (κ3) is 5.19. The fraction of sp³-hybridized carbons (Fsp3) is 0.235. The van der Waals surface area contributed by atoms with Gasteiger partial charge in [-0.1, -0.05) is 24.3 Å². The van der Waals surface area contributed by atoms with Crippen LogP contribution in [0.2, 0.25) is 0 Å². The number of nitrogens with one attached hydrogen (secondary N) is 1. The van der Waals surface area contributed by atoms with Crippen molar-refractivity contribution in [3.8, 4) is 0 Å². The van der Waals surface area contributed by atoms with Crippen molar-refractivity contribution in [1.29, 1.82) is 0 Å². The Morgan fingerprint density at radius 3 is 2.42 bits per heavy atom. The SMILES string of the molecule is CS(=O)Cc1cccc(C(=O)NCc2cccc(C(F)(F)F)c2)c1. The number of hydrogen-bond acceptors (Lipinski definition) is 2.